The first-order chi connectivity index (χ1) is 11.6. The minimum Gasteiger partial charge on any atom is -0.492 e. The highest BCUT2D eigenvalue weighted by atomic mass is 19.1. The molecule has 0 saturated carbocycles. The number of halogens is 1. The fourth-order valence-electron chi connectivity index (χ4n) is 2.64. The van der Waals surface area contributed by atoms with Crippen molar-refractivity contribution >= 4 is 0 Å². The molecule has 0 fully saturated rings. The van der Waals surface area contributed by atoms with Gasteiger partial charge in [-0.2, -0.15) is 0 Å². The Morgan fingerprint density at radius 3 is 2.42 bits per heavy atom. The minimum absolute atomic E-state index is 0.152. The average molecular weight is 331 g/mol. The fourth-order valence-corrected chi connectivity index (χ4v) is 2.64. The van der Waals surface area contributed by atoms with Gasteiger partial charge in [-0.1, -0.05) is 30.3 Å². The first-order valence-electron chi connectivity index (χ1n) is 8.40. The van der Waals surface area contributed by atoms with E-state index in [-0.39, 0.29) is 12.4 Å². The normalized spacial score (nSPS) is 11.2. The summed E-state index contributed by atoms with van der Waals surface area (Å²) in [5.41, 5.74) is 2.14. The van der Waals surface area contributed by atoms with Crippen molar-refractivity contribution in [1.82, 2.24) is 4.90 Å². The zero-order valence-electron chi connectivity index (χ0n) is 14.4. The molecule has 24 heavy (non-hydrogen) atoms. The van der Waals surface area contributed by atoms with E-state index in [1.165, 1.54) is 12.1 Å². The molecule has 0 amide bonds. The van der Waals surface area contributed by atoms with Gasteiger partial charge in [0.15, 0.2) is 0 Å². The largest absolute Gasteiger partial charge is 0.492 e. The lowest BCUT2D eigenvalue weighted by molar-refractivity contribution is 0.141. The van der Waals surface area contributed by atoms with Gasteiger partial charge in [-0.3, -0.25) is 4.90 Å². The number of para-hydroxylation sites is 1. The van der Waals surface area contributed by atoms with Crippen molar-refractivity contribution in [3.63, 3.8) is 0 Å². The van der Waals surface area contributed by atoms with Crippen molar-refractivity contribution in [1.29, 1.82) is 0 Å². The standard InChI is InChI=1S/C20H26FNO2/c1-16(2)22(11-13-23)12-14-24-20-6-4-3-5-18(20)15-17-7-9-19(21)10-8-17/h3-10,16,23H,11-15H2,1-2H3. The lowest BCUT2D eigenvalue weighted by atomic mass is 10.0. The van der Waals surface area contributed by atoms with Gasteiger partial charge < -0.3 is 9.84 Å². The maximum Gasteiger partial charge on any atom is 0.123 e. The Morgan fingerprint density at radius 2 is 1.75 bits per heavy atom. The molecular formula is C20H26FNO2. The Labute approximate surface area is 143 Å². The third kappa shape index (κ3) is 5.62. The van der Waals surface area contributed by atoms with E-state index in [2.05, 4.69) is 18.7 Å². The zero-order chi connectivity index (χ0) is 17.4. The van der Waals surface area contributed by atoms with Gasteiger partial charge in [0.25, 0.3) is 0 Å². The predicted molar refractivity (Wildman–Crippen MR) is 94.9 cm³/mol. The molecule has 2 aromatic rings. The highest BCUT2D eigenvalue weighted by Gasteiger charge is 2.10. The number of rotatable bonds is 9. The maximum absolute atomic E-state index is 13.0. The van der Waals surface area contributed by atoms with Crippen LogP contribution in [-0.2, 0) is 6.42 Å². The Kier molecular flexibility index (Phi) is 7.22. The van der Waals surface area contributed by atoms with Crippen LogP contribution >= 0.6 is 0 Å². The maximum atomic E-state index is 13.0. The van der Waals surface area contributed by atoms with E-state index in [1.54, 1.807) is 12.1 Å². The molecule has 0 radical (unpaired) electrons. The van der Waals surface area contributed by atoms with Crippen LogP contribution in [-0.4, -0.2) is 42.4 Å². The Hall–Kier alpha value is -1.91. The highest BCUT2D eigenvalue weighted by molar-refractivity contribution is 5.37. The Morgan fingerprint density at radius 1 is 1.04 bits per heavy atom. The number of hydrogen-bond acceptors (Lipinski definition) is 3. The summed E-state index contributed by atoms with van der Waals surface area (Å²) in [4.78, 5) is 2.18. The fraction of sp³-hybridized carbons (Fsp3) is 0.400. The van der Waals surface area contributed by atoms with Crippen molar-refractivity contribution in [3.8, 4) is 5.75 Å². The molecule has 0 aliphatic heterocycles. The summed E-state index contributed by atoms with van der Waals surface area (Å²) >= 11 is 0. The second kappa shape index (κ2) is 9.40. The van der Waals surface area contributed by atoms with E-state index in [0.29, 0.717) is 25.6 Å². The molecule has 0 heterocycles. The van der Waals surface area contributed by atoms with Gasteiger partial charge in [0.05, 0.1) is 6.61 Å². The van der Waals surface area contributed by atoms with Gasteiger partial charge in [-0.05, 0) is 43.2 Å². The Bertz CT molecular complexity index is 613. The van der Waals surface area contributed by atoms with Crippen LogP contribution in [0.5, 0.6) is 5.75 Å². The molecule has 0 aromatic heterocycles. The number of aliphatic hydroxyl groups excluding tert-OH is 1. The molecule has 0 bridgehead atoms. The molecule has 2 rings (SSSR count). The summed E-state index contributed by atoms with van der Waals surface area (Å²) in [5.74, 6) is 0.635. The Balaban J connectivity index is 1.97. The molecule has 130 valence electrons. The van der Waals surface area contributed by atoms with Crippen molar-refractivity contribution in [3.05, 3.63) is 65.5 Å². The third-order valence-corrected chi connectivity index (χ3v) is 4.03. The van der Waals surface area contributed by atoms with Gasteiger partial charge in [0.2, 0.25) is 0 Å². The van der Waals surface area contributed by atoms with Crippen LogP contribution in [0.25, 0.3) is 0 Å². The number of hydrogen-bond donors (Lipinski definition) is 1. The number of nitrogens with zero attached hydrogens (tertiary/aromatic N) is 1. The van der Waals surface area contributed by atoms with E-state index in [1.807, 2.05) is 24.3 Å². The molecule has 1 N–H and O–H groups in total. The molecule has 0 unspecified atom stereocenters. The van der Waals surface area contributed by atoms with E-state index in [4.69, 9.17) is 9.84 Å². The highest BCUT2D eigenvalue weighted by Crippen LogP contribution is 2.21. The van der Waals surface area contributed by atoms with Crippen LogP contribution in [0.15, 0.2) is 48.5 Å². The number of ether oxygens (including phenoxy) is 1. The van der Waals surface area contributed by atoms with Crippen LogP contribution in [0.2, 0.25) is 0 Å². The molecule has 0 atom stereocenters. The summed E-state index contributed by atoms with van der Waals surface area (Å²) in [5, 5.41) is 9.12. The van der Waals surface area contributed by atoms with Crippen LogP contribution in [0.1, 0.15) is 25.0 Å². The molecule has 0 aliphatic carbocycles. The summed E-state index contributed by atoms with van der Waals surface area (Å²) in [7, 11) is 0. The van der Waals surface area contributed by atoms with Gasteiger partial charge in [-0.15, -0.1) is 0 Å². The van der Waals surface area contributed by atoms with Crippen molar-refractivity contribution in [2.75, 3.05) is 26.3 Å². The predicted octanol–water partition coefficient (Wildman–Crippen LogP) is 3.50. The summed E-state index contributed by atoms with van der Waals surface area (Å²) < 4.78 is 19.0. The van der Waals surface area contributed by atoms with Crippen LogP contribution in [0, 0.1) is 5.82 Å². The zero-order valence-corrected chi connectivity index (χ0v) is 14.4. The quantitative estimate of drug-likeness (QED) is 0.763. The smallest absolute Gasteiger partial charge is 0.123 e. The molecule has 0 saturated heterocycles. The summed E-state index contributed by atoms with van der Waals surface area (Å²) in [6, 6.07) is 14.9. The lowest BCUT2D eigenvalue weighted by Gasteiger charge is -2.25. The molecule has 2 aromatic carbocycles. The molecule has 4 heteroatoms. The van der Waals surface area contributed by atoms with Gasteiger partial charge in [0.1, 0.15) is 18.2 Å². The summed E-state index contributed by atoms with van der Waals surface area (Å²) in [6.07, 6.45) is 0.709. The topological polar surface area (TPSA) is 32.7 Å². The van der Waals surface area contributed by atoms with Crippen LogP contribution in [0.4, 0.5) is 4.39 Å². The van der Waals surface area contributed by atoms with Crippen molar-refractivity contribution in [2.45, 2.75) is 26.3 Å². The lowest BCUT2D eigenvalue weighted by Crippen LogP contribution is -2.36. The first-order valence-corrected chi connectivity index (χ1v) is 8.40. The summed E-state index contributed by atoms with van der Waals surface area (Å²) in [6.45, 7) is 6.36. The van der Waals surface area contributed by atoms with Gasteiger partial charge >= 0.3 is 0 Å². The minimum atomic E-state index is -0.221. The monoisotopic (exact) mass is 331 g/mol. The average Bonchev–Trinajstić information content (AvgIpc) is 2.57. The van der Waals surface area contributed by atoms with Crippen LogP contribution < -0.4 is 4.74 Å². The SMILES string of the molecule is CC(C)N(CCO)CCOc1ccccc1Cc1ccc(F)cc1. The van der Waals surface area contributed by atoms with Gasteiger partial charge in [0, 0.05) is 25.6 Å². The van der Waals surface area contributed by atoms with Crippen molar-refractivity contribution in [2.24, 2.45) is 0 Å². The second-order valence-electron chi connectivity index (χ2n) is 6.11. The van der Waals surface area contributed by atoms with E-state index < -0.39 is 0 Å². The van der Waals surface area contributed by atoms with E-state index >= 15 is 0 Å². The van der Waals surface area contributed by atoms with Crippen molar-refractivity contribution < 1.29 is 14.2 Å². The molecule has 3 nitrogen and oxygen atoms in total. The van der Waals surface area contributed by atoms with E-state index in [9.17, 15) is 4.39 Å². The molecule has 0 spiro atoms. The molecular weight excluding hydrogens is 305 g/mol. The van der Waals surface area contributed by atoms with Crippen LogP contribution in [0.3, 0.4) is 0 Å². The van der Waals surface area contributed by atoms with E-state index in [0.717, 1.165) is 23.4 Å². The molecule has 0 aliphatic rings. The first kappa shape index (κ1) is 18.4. The number of aliphatic hydroxyl groups is 1. The van der Waals surface area contributed by atoms with Gasteiger partial charge in [-0.25, -0.2) is 4.39 Å². The third-order valence-electron chi connectivity index (χ3n) is 4.03. The second-order valence-corrected chi connectivity index (χ2v) is 6.11. The number of benzene rings is 2.